The molecule has 0 radical (unpaired) electrons. The summed E-state index contributed by atoms with van der Waals surface area (Å²) in [5.74, 6) is 0. The van der Waals surface area contributed by atoms with Crippen molar-refractivity contribution < 1.29 is 0 Å². The maximum absolute atomic E-state index is 6.02. The second-order valence-corrected chi connectivity index (χ2v) is 7.42. The summed E-state index contributed by atoms with van der Waals surface area (Å²) >= 11 is 9.43. The molecule has 4 aromatic rings. The van der Waals surface area contributed by atoms with Gasteiger partial charge >= 0.3 is 0 Å². The highest BCUT2D eigenvalue weighted by Gasteiger charge is 2.10. The van der Waals surface area contributed by atoms with E-state index >= 15 is 0 Å². The van der Waals surface area contributed by atoms with E-state index in [1.54, 1.807) is 22.7 Å². The molecule has 0 aliphatic heterocycles. The van der Waals surface area contributed by atoms with Gasteiger partial charge in [0.2, 0.25) is 0 Å². The summed E-state index contributed by atoms with van der Waals surface area (Å²) in [6.45, 7) is 0. The summed E-state index contributed by atoms with van der Waals surface area (Å²) in [5, 5.41) is 4.91. The summed E-state index contributed by atoms with van der Waals surface area (Å²) < 4.78 is 0. The Kier molecular flexibility index (Phi) is 4.00. The van der Waals surface area contributed by atoms with Gasteiger partial charge in [-0.1, -0.05) is 35.9 Å². The average Bonchev–Trinajstić information content (AvgIpc) is 3.29. The van der Waals surface area contributed by atoms with Crippen molar-refractivity contribution in [2.45, 2.75) is 0 Å². The minimum absolute atomic E-state index is 0.750. The minimum atomic E-state index is 0.750. The van der Waals surface area contributed by atoms with E-state index in [0.29, 0.717) is 0 Å². The van der Waals surface area contributed by atoms with Gasteiger partial charge in [0.25, 0.3) is 0 Å². The topological polar surface area (TPSA) is 12.9 Å². The number of hydrogen-bond acceptors (Lipinski definition) is 3. The minimum Gasteiger partial charge on any atom is -0.246 e. The number of aromatic nitrogens is 1. The van der Waals surface area contributed by atoms with E-state index < -0.39 is 0 Å². The first-order chi connectivity index (χ1) is 11.3. The van der Waals surface area contributed by atoms with Crippen LogP contribution in [0.1, 0.15) is 0 Å². The number of hydrogen-bond donors (Lipinski definition) is 0. The summed E-state index contributed by atoms with van der Waals surface area (Å²) in [6, 6.07) is 20.6. The van der Waals surface area contributed by atoms with Crippen LogP contribution in [0.5, 0.6) is 0 Å². The fraction of sp³-hybridized carbons (Fsp3) is 0. The molecule has 1 aromatic carbocycles. The van der Waals surface area contributed by atoms with E-state index in [1.807, 2.05) is 24.3 Å². The van der Waals surface area contributed by atoms with Crippen LogP contribution >= 0.6 is 34.3 Å². The highest BCUT2D eigenvalue weighted by molar-refractivity contribution is 7.13. The third-order valence-corrected chi connectivity index (χ3v) is 5.59. The lowest BCUT2D eigenvalue weighted by Crippen LogP contribution is -1.88. The van der Waals surface area contributed by atoms with Gasteiger partial charge in [0.15, 0.2) is 0 Å². The second-order valence-electron chi connectivity index (χ2n) is 5.09. The van der Waals surface area contributed by atoms with Gasteiger partial charge in [-0.05, 0) is 58.3 Å². The molecule has 0 N–H and O–H groups in total. The first kappa shape index (κ1) is 14.6. The predicted molar refractivity (Wildman–Crippen MR) is 101 cm³/mol. The van der Waals surface area contributed by atoms with Crippen molar-refractivity contribution in [3.05, 3.63) is 76.4 Å². The Morgan fingerprint density at radius 3 is 1.74 bits per heavy atom. The molecule has 1 nitrogen and oxygen atoms in total. The lowest BCUT2D eigenvalue weighted by Gasteiger charge is -2.08. The first-order valence-corrected chi connectivity index (χ1v) is 9.29. The maximum atomic E-state index is 6.02. The van der Waals surface area contributed by atoms with E-state index in [4.69, 9.17) is 16.6 Å². The van der Waals surface area contributed by atoms with Crippen LogP contribution in [0.15, 0.2) is 71.4 Å². The number of benzene rings is 1. The molecule has 0 spiro atoms. The standard InChI is InChI=1S/C19H12ClNS2/c20-15-7-5-13(6-8-15)14-11-16(18-3-1-9-22-18)21-17(12-14)19-4-2-10-23-19/h1-12H. The van der Waals surface area contributed by atoms with Crippen molar-refractivity contribution in [1.29, 1.82) is 0 Å². The number of thiophene rings is 2. The molecule has 3 aromatic heterocycles. The molecule has 4 heteroatoms. The van der Waals surface area contributed by atoms with Gasteiger partial charge in [0.05, 0.1) is 21.1 Å². The van der Waals surface area contributed by atoms with E-state index in [1.165, 1.54) is 9.75 Å². The zero-order valence-electron chi connectivity index (χ0n) is 12.1. The quantitative estimate of drug-likeness (QED) is 0.392. The van der Waals surface area contributed by atoms with Crippen LogP contribution in [-0.4, -0.2) is 4.98 Å². The van der Waals surface area contributed by atoms with Crippen molar-refractivity contribution in [2.75, 3.05) is 0 Å². The molecule has 23 heavy (non-hydrogen) atoms. The van der Waals surface area contributed by atoms with Crippen molar-refractivity contribution in [3.8, 4) is 32.3 Å². The number of rotatable bonds is 3. The molecule has 112 valence electrons. The average molecular weight is 354 g/mol. The van der Waals surface area contributed by atoms with Gasteiger partial charge in [0.1, 0.15) is 0 Å². The summed E-state index contributed by atoms with van der Waals surface area (Å²) in [6.07, 6.45) is 0. The number of nitrogens with zero attached hydrogens (tertiary/aromatic N) is 1. The van der Waals surface area contributed by atoms with Crippen molar-refractivity contribution in [3.63, 3.8) is 0 Å². The highest BCUT2D eigenvalue weighted by atomic mass is 35.5. The molecule has 0 bridgehead atoms. The third kappa shape index (κ3) is 3.08. The van der Waals surface area contributed by atoms with Crippen molar-refractivity contribution >= 4 is 34.3 Å². The Balaban J connectivity index is 1.89. The van der Waals surface area contributed by atoms with Crippen LogP contribution in [0.3, 0.4) is 0 Å². The Morgan fingerprint density at radius 2 is 1.26 bits per heavy atom. The fourth-order valence-electron chi connectivity index (χ4n) is 2.44. The Bertz CT molecular complexity index is 858. The van der Waals surface area contributed by atoms with Gasteiger partial charge < -0.3 is 0 Å². The molecule has 0 unspecified atom stereocenters. The molecular formula is C19H12ClNS2. The molecule has 0 atom stereocenters. The molecule has 0 saturated heterocycles. The third-order valence-electron chi connectivity index (χ3n) is 3.55. The Morgan fingerprint density at radius 1 is 0.696 bits per heavy atom. The van der Waals surface area contributed by atoms with Gasteiger partial charge in [-0.2, -0.15) is 0 Å². The first-order valence-electron chi connectivity index (χ1n) is 7.15. The Labute approximate surface area is 147 Å². The molecule has 0 aliphatic carbocycles. The number of pyridine rings is 1. The molecule has 4 rings (SSSR count). The van der Waals surface area contributed by atoms with E-state index in [2.05, 4.69) is 47.2 Å². The maximum Gasteiger partial charge on any atom is 0.0815 e. The van der Waals surface area contributed by atoms with Crippen LogP contribution in [0.4, 0.5) is 0 Å². The zero-order valence-corrected chi connectivity index (χ0v) is 14.5. The number of halogens is 1. The highest BCUT2D eigenvalue weighted by Crippen LogP contribution is 2.33. The lowest BCUT2D eigenvalue weighted by molar-refractivity contribution is 1.35. The summed E-state index contributed by atoms with van der Waals surface area (Å²) in [7, 11) is 0. The van der Waals surface area contributed by atoms with Crippen molar-refractivity contribution in [2.24, 2.45) is 0 Å². The van der Waals surface area contributed by atoms with E-state index in [0.717, 1.165) is 27.5 Å². The normalized spacial score (nSPS) is 10.8. The van der Waals surface area contributed by atoms with Gasteiger partial charge in [-0.25, -0.2) is 4.98 Å². The second kappa shape index (κ2) is 6.28. The monoisotopic (exact) mass is 353 g/mol. The van der Waals surface area contributed by atoms with Gasteiger partial charge in [0, 0.05) is 5.02 Å². The van der Waals surface area contributed by atoms with E-state index in [9.17, 15) is 0 Å². The van der Waals surface area contributed by atoms with Crippen LogP contribution in [0, 0.1) is 0 Å². The summed E-state index contributed by atoms with van der Waals surface area (Å²) in [5.41, 5.74) is 4.32. The van der Waals surface area contributed by atoms with Crippen LogP contribution in [-0.2, 0) is 0 Å². The predicted octanol–water partition coefficient (Wildman–Crippen LogP) is 6.86. The van der Waals surface area contributed by atoms with Gasteiger partial charge in [-0.15, -0.1) is 22.7 Å². The molecule has 0 fully saturated rings. The van der Waals surface area contributed by atoms with Crippen LogP contribution in [0.25, 0.3) is 32.3 Å². The Hall–Kier alpha value is -1.94. The molecule has 0 amide bonds. The molecule has 0 aliphatic rings. The smallest absolute Gasteiger partial charge is 0.0815 e. The SMILES string of the molecule is Clc1ccc(-c2cc(-c3cccs3)nc(-c3cccs3)c2)cc1. The zero-order chi connectivity index (χ0) is 15.6. The molecular weight excluding hydrogens is 342 g/mol. The van der Waals surface area contributed by atoms with Crippen LogP contribution < -0.4 is 0 Å². The van der Waals surface area contributed by atoms with Crippen molar-refractivity contribution in [1.82, 2.24) is 4.98 Å². The van der Waals surface area contributed by atoms with Crippen LogP contribution in [0.2, 0.25) is 5.02 Å². The largest absolute Gasteiger partial charge is 0.246 e. The fourth-order valence-corrected chi connectivity index (χ4v) is 3.94. The lowest BCUT2D eigenvalue weighted by atomic mass is 10.0. The summed E-state index contributed by atoms with van der Waals surface area (Å²) in [4.78, 5) is 7.21. The molecule has 3 heterocycles. The van der Waals surface area contributed by atoms with Gasteiger partial charge in [-0.3, -0.25) is 0 Å². The van der Waals surface area contributed by atoms with E-state index in [-0.39, 0.29) is 0 Å². The molecule has 0 saturated carbocycles.